The quantitative estimate of drug-likeness (QED) is 0.387. The van der Waals surface area contributed by atoms with E-state index in [4.69, 9.17) is 16.3 Å². The number of aromatic nitrogens is 4. The van der Waals surface area contributed by atoms with Crippen molar-refractivity contribution in [3.05, 3.63) is 40.9 Å². The minimum Gasteiger partial charge on any atom is -0.492 e. The van der Waals surface area contributed by atoms with Crippen LogP contribution in [0.3, 0.4) is 0 Å². The van der Waals surface area contributed by atoms with Crippen LogP contribution >= 0.6 is 11.6 Å². The van der Waals surface area contributed by atoms with E-state index >= 15 is 8.78 Å². The van der Waals surface area contributed by atoms with Gasteiger partial charge in [-0.25, -0.2) is 13.3 Å². The zero-order valence-corrected chi connectivity index (χ0v) is 18.5. The summed E-state index contributed by atoms with van der Waals surface area (Å²) < 4.78 is 37.6. The molecule has 1 fully saturated rings. The first kappa shape index (κ1) is 21.9. The molecule has 0 N–H and O–H groups in total. The Hall–Kier alpha value is -2.32. The maximum absolute atomic E-state index is 15.3. The van der Waals surface area contributed by atoms with Crippen LogP contribution in [0.25, 0.3) is 16.9 Å². The Morgan fingerprint density at radius 2 is 1.77 bits per heavy atom. The molecular weight excluding hydrogens is 424 g/mol. The van der Waals surface area contributed by atoms with Crippen LogP contribution in [0.5, 0.6) is 5.75 Å². The number of halogens is 3. The summed E-state index contributed by atoms with van der Waals surface area (Å²) >= 11 is 6.50. The molecule has 1 aliphatic rings. The number of fused-ring (bicyclic) bond motifs is 1. The second-order valence-corrected chi connectivity index (χ2v) is 8.59. The van der Waals surface area contributed by atoms with Crippen LogP contribution in [0.1, 0.15) is 50.1 Å². The topological polar surface area (TPSA) is 55.5 Å². The summed E-state index contributed by atoms with van der Waals surface area (Å²) in [6, 6.07) is 2.40. The van der Waals surface area contributed by atoms with Gasteiger partial charge in [-0.05, 0) is 26.9 Å². The van der Waals surface area contributed by atoms with E-state index in [2.05, 4.69) is 15.1 Å². The van der Waals surface area contributed by atoms with Crippen molar-refractivity contribution in [1.29, 1.82) is 0 Å². The van der Waals surface area contributed by atoms with Crippen LogP contribution in [0.2, 0.25) is 5.15 Å². The molecule has 0 spiro atoms. The molecule has 2 aromatic heterocycles. The summed E-state index contributed by atoms with van der Waals surface area (Å²) in [7, 11) is 3.80. The lowest BCUT2D eigenvalue weighted by atomic mass is 9.90. The predicted octanol–water partition coefficient (Wildman–Crippen LogP) is 5.10. The fourth-order valence-corrected chi connectivity index (χ4v) is 4.48. The fraction of sp³-hybridized carbons (Fsp3) is 0.500. The van der Waals surface area contributed by atoms with Gasteiger partial charge in [0.25, 0.3) is 5.78 Å². The van der Waals surface area contributed by atoms with Gasteiger partial charge in [-0.3, -0.25) is 0 Å². The molecule has 0 atom stereocenters. The molecule has 0 aliphatic heterocycles. The Balaban J connectivity index is 1.82. The third kappa shape index (κ3) is 4.65. The zero-order chi connectivity index (χ0) is 22.0. The molecule has 1 aliphatic carbocycles. The molecule has 1 saturated carbocycles. The molecule has 31 heavy (non-hydrogen) atoms. The van der Waals surface area contributed by atoms with E-state index in [-0.39, 0.29) is 27.9 Å². The van der Waals surface area contributed by atoms with E-state index in [0.29, 0.717) is 24.6 Å². The van der Waals surface area contributed by atoms with Crippen molar-refractivity contribution in [2.45, 2.75) is 44.4 Å². The number of likely N-dealkylation sites (N-methyl/N-ethyl adjacent to an activating group) is 1. The van der Waals surface area contributed by atoms with E-state index in [1.165, 1.54) is 18.5 Å². The molecule has 166 valence electrons. The first-order chi connectivity index (χ1) is 15.0. The predicted molar refractivity (Wildman–Crippen MR) is 116 cm³/mol. The van der Waals surface area contributed by atoms with Gasteiger partial charge in [0.2, 0.25) is 0 Å². The van der Waals surface area contributed by atoms with Crippen molar-refractivity contribution in [2.24, 2.45) is 0 Å². The maximum atomic E-state index is 15.3. The number of nitrogens with zero attached hydrogens (tertiary/aromatic N) is 5. The summed E-state index contributed by atoms with van der Waals surface area (Å²) in [5.41, 5.74) is 0.726. The summed E-state index contributed by atoms with van der Waals surface area (Å²) in [6.07, 6.45) is 7.57. The van der Waals surface area contributed by atoms with Crippen molar-refractivity contribution in [3.63, 3.8) is 0 Å². The van der Waals surface area contributed by atoms with Crippen LogP contribution in [-0.2, 0) is 0 Å². The second kappa shape index (κ2) is 9.44. The molecule has 3 aromatic rings. The Kier molecular flexibility index (Phi) is 6.67. The Morgan fingerprint density at radius 1 is 1.10 bits per heavy atom. The molecule has 0 saturated heterocycles. The highest BCUT2D eigenvalue weighted by molar-refractivity contribution is 6.32. The number of benzene rings is 1. The highest BCUT2D eigenvalue weighted by Crippen LogP contribution is 2.42. The average Bonchev–Trinajstić information content (AvgIpc) is 3.00. The minimum atomic E-state index is -0.738. The van der Waals surface area contributed by atoms with Gasteiger partial charge in [-0.15, -0.1) is 0 Å². The number of hydrogen-bond donors (Lipinski definition) is 0. The largest absolute Gasteiger partial charge is 0.492 e. The lowest BCUT2D eigenvalue weighted by molar-refractivity contribution is 0.259. The highest BCUT2D eigenvalue weighted by atomic mass is 35.5. The van der Waals surface area contributed by atoms with Gasteiger partial charge in [0.05, 0.1) is 11.3 Å². The minimum absolute atomic E-state index is 0.0267. The summed E-state index contributed by atoms with van der Waals surface area (Å²) in [5, 5.41) is 4.32. The van der Waals surface area contributed by atoms with E-state index in [1.54, 1.807) is 4.52 Å². The lowest BCUT2D eigenvalue weighted by Crippen LogP contribution is -2.19. The smallest absolute Gasteiger partial charge is 0.253 e. The standard InChI is InChI=1S/C22H26ClF2N5O/c1-29(2)9-10-31-15-11-16(24)18(17(25)12-15)19-20(14-7-5-3-4-6-8-14)30-22(26-13-27-30)28-21(19)23/h11-14H,3-10H2,1-2H3. The average molecular weight is 450 g/mol. The van der Waals surface area contributed by atoms with Gasteiger partial charge in [-0.2, -0.15) is 15.1 Å². The Labute approximate surface area is 185 Å². The van der Waals surface area contributed by atoms with E-state index in [0.717, 1.165) is 38.5 Å². The number of ether oxygens (including phenoxy) is 1. The van der Waals surface area contributed by atoms with Crippen LogP contribution in [0, 0.1) is 11.6 Å². The Morgan fingerprint density at radius 3 is 2.42 bits per heavy atom. The number of hydrogen-bond acceptors (Lipinski definition) is 5. The molecule has 4 rings (SSSR count). The van der Waals surface area contributed by atoms with E-state index in [9.17, 15) is 0 Å². The molecule has 9 heteroatoms. The van der Waals surface area contributed by atoms with Crippen LogP contribution in [0.15, 0.2) is 18.5 Å². The maximum Gasteiger partial charge on any atom is 0.253 e. The summed E-state index contributed by atoms with van der Waals surface area (Å²) in [6.45, 7) is 0.960. The summed E-state index contributed by atoms with van der Waals surface area (Å²) in [4.78, 5) is 10.3. The first-order valence-corrected chi connectivity index (χ1v) is 11.0. The molecular formula is C22H26ClF2N5O. The van der Waals surface area contributed by atoms with Crippen LogP contribution < -0.4 is 4.74 Å². The van der Waals surface area contributed by atoms with Crippen molar-refractivity contribution >= 4 is 17.4 Å². The van der Waals surface area contributed by atoms with Crippen molar-refractivity contribution < 1.29 is 13.5 Å². The molecule has 2 heterocycles. The highest BCUT2D eigenvalue weighted by Gasteiger charge is 2.29. The summed E-state index contributed by atoms with van der Waals surface area (Å²) in [5.74, 6) is -0.937. The van der Waals surface area contributed by atoms with Gasteiger partial charge in [-0.1, -0.05) is 37.3 Å². The van der Waals surface area contributed by atoms with Crippen LogP contribution in [-0.4, -0.2) is 51.7 Å². The molecule has 0 amide bonds. The first-order valence-electron chi connectivity index (χ1n) is 10.6. The number of rotatable bonds is 6. The zero-order valence-electron chi connectivity index (χ0n) is 17.7. The second-order valence-electron chi connectivity index (χ2n) is 8.24. The molecule has 0 radical (unpaired) electrons. The van der Waals surface area contributed by atoms with Gasteiger partial charge in [0.15, 0.2) is 0 Å². The van der Waals surface area contributed by atoms with Crippen LogP contribution in [0.4, 0.5) is 8.78 Å². The Bertz CT molecular complexity index is 1040. The molecule has 1 aromatic carbocycles. The van der Waals surface area contributed by atoms with Gasteiger partial charge < -0.3 is 9.64 Å². The van der Waals surface area contributed by atoms with E-state index < -0.39 is 11.6 Å². The third-order valence-electron chi connectivity index (χ3n) is 5.73. The van der Waals surface area contributed by atoms with Crippen molar-refractivity contribution in [3.8, 4) is 16.9 Å². The van der Waals surface area contributed by atoms with E-state index in [1.807, 2.05) is 19.0 Å². The molecule has 6 nitrogen and oxygen atoms in total. The fourth-order valence-electron chi connectivity index (χ4n) is 4.22. The van der Waals surface area contributed by atoms with Crippen molar-refractivity contribution in [1.82, 2.24) is 24.5 Å². The van der Waals surface area contributed by atoms with Gasteiger partial charge in [0, 0.05) is 30.2 Å². The van der Waals surface area contributed by atoms with Gasteiger partial charge in [0.1, 0.15) is 35.5 Å². The van der Waals surface area contributed by atoms with Gasteiger partial charge >= 0.3 is 0 Å². The normalized spacial score (nSPS) is 15.5. The van der Waals surface area contributed by atoms with Crippen molar-refractivity contribution in [2.75, 3.05) is 27.2 Å². The SMILES string of the molecule is CN(C)CCOc1cc(F)c(-c2c(Cl)nc3ncnn3c2C2CCCCCC2)c(F)c1. The lowest BCUT2D eigenvalue weighted by Gasteiger charge is -2.21. The molecule has 0 unspecified atom stereocenters. The monoisotopic (exact) mass is 449 g/mol. The molecule has 0 bridgehead atoms. The third-order valence-corrected chi connectivity index (χ3v) is 6.01.